The molecule has 1 aromatic heterocycles. The summed E-state index contributed by atoms with van der Waals surface area (Å²) in [7, 11) is -4.26. The molecule has 14 heteroatoms. The fraction of sp³-hybridized carbons (Fsp3) is 0.245. The number of carboxylic acid groups (broad SMARTS) is 1. The van der Waals surface area contributed by atoms with Gasteiger partial charge in [0.2, 0.25) is 11.8 Å². The fourth-order valence-electron chi connectivity index (χ4n) is 8.45. The van der Waals surface area contributed by atoms with Crippen LogP contribution >= 0.6 is 0 Å². The van der Waals surface area contributed by atoms with Gasteiger partial charge in [0, 0.05) is 35.0 Å². The molecule has 3 atom stereocenters. The van der Waals surface area contributed by atoms with Crippen LogP contribution in [0.15, 0.2) is 150 Å². The van der Waals surface area contributed by atoms with E-state index < -0.39 is 52.4 Å². The molecule has 0 saturated carbocycles. The minimum Gasteiger partial charge on any atom is -0.480 e. The molecule has 0 aliphatic carbocycles. The Balaban J connectivity index is 1.29. The highest BCUT2D eigenvalue weighted by molar-refractivity contribution is 7.90. The Morgan fingerprint density at radius 2 is 1.48 bits per heavy atom. The van der Waals surface area contributed by atoms with Gasteiger partial charge < -0.3 is 15.2 Å². The number of hydrogen-bond acceptors (Lipinski definition) is 9. The zero-order valence-corrected chi connectivity index (χ0v) is 35.5. The van der Waals surface area contributed by atoms with Gasteiger partial charge in [0.05, 0.1) is 28.4 Å². The molecule has 63 heavy (non-hydrogen) atoms. The quantitative estimate of drug-likeness (QED) is 0.104. The van der Waals surface area contributed by atoms with Gasteiger partial charge in [-0.15, -0.1) is 0 Å². The van der Waals surface area contributed by atoms with Gasteiger partial charge in [-0.2, -0.15) is 0 Å². The lowest BCUT2D eigenvalue weighted by atomic mass is 9.87. The number of benzene rings is 5. The lowest BCUT2D eigenvalue weighted by Crippen LogP contribution is -2.38. The normalized spacial score (nSPS) is 17.0. The number of ether oxygens (including phenoxy) is 1. The molecule has 0 spiro atoms. The summed E-state index contributed by atoms with van der Waals surface area (Å²) in [5, 5.41) is 14.7. The average molecular weight is 866 g/mol. The first-order valence-electron chi connectivity index (χ1n) is 20.9. The molecule has 0 radical (unpaired) electrons. The van der Waals surface area contributed by atoms with Gasteiger partial charge in [-0.1, -0.05) is 121 Å². The number of carbonyl (C=O) groups excluding carboxylic acids is 3. The highest BCUT2D eigenvalue weighted by Gasteiger charge is 2.43. The van der Waals surface area contributed by atoms with Crippen molar-refractivity contribution in [1.29, 1.82) is 0 Å². The van der Waals surface area contributed by atoms with E-state index in [0.29, 0.717) is 27.8 Å². The van der Waals surface area contributed by atoms with Gasteiger partial charge in [0.25, 0.3) is 10.0 Å². The topological polar surface area (TPSA) is 168 Å². The van der Waals surface area contributed by atoms with Crippen molar-refractivity contribution in [1.82, 2.24) is 13.8 Å². The molecule has 13 nitrogen and oxygen atoms in total. The highest BCUT2D eigenvalue weighted by atomic mass is 32.2. The number of carboxylic acids is 1. The van der Waals surface area contributed by atoms with Crippen LogP contribution in [-0.4, -0.2) is 89.2 Å². The Labute approximate surface area is 365 Å². The Bertz CT molecular complexity index is 2790. The van der Waals surface area contributed by atoms with Crippen LogP contribution in [0, 0.1) is 6.92 Å². The molecule has 0 bridgehead atoms. The van der Waals surface area contributed by atoms with E-state index in [0.717, 1.165) is 46.8 Å². The van der Waals surface area contributed by atoms with Crippen molar-refractivity contribution in [3.05, 3.63) is 167 Å². The van der Waals surface area contributed by atoms with E-state index in [1.54, 1.807) is 109 Å². The molecule has 2 aliphatic heterocycles. The van der Waals surface area contributed by atoms with Crippen LogP contribution in [0.2, 0.25) is 0 Å². The lowest BCUT2D eigenvalue weighted by Gasteiger charge is -2.26. The zero-order valence-electron chi connectivity index (χ0n) is 34.7. The second kappa shape index (κ2) is 18.6. The predicted octanol–water partition coefficient (Wildman–Crippen LogP) is 7.80. The van der Waals surface area contributed by atoms with E-state index >= 15 is 0 Å². The molecular formula is C49H47N5O8S. The minimum absolute atomic E-state index is 0.0108. The van der Waals surface area contributed by atoms with E-state index in [2.05, 4.69) is 10.2 Å². The monoisotopic (exact) mass is 865 g/mol. The number of fused-ring (bicyclic) bond motifs is 1. The maximum Gasteiger partial charge on any atom is 0.417 e. The molecule has 3 amide bonds. The minimum atomic E-state index is -4.26. The number of hydrogen-bond donors (Lipinski definition) is 2. The van der Waals surface area contributed by atoms with Crippen LogP contribution in [0.25, 0.3) is 10.9 Å². The molecule has 2 fully saturated rings. The molecule has 322 valence electrons. The van der Waals surface area contributed by atoms with E-state index in [9.17, 15) is 32.7 Å². The number of imide groups is 1. The van der Waals surface area contributed by atoms with Crippen molar-refractivity contribution in [2.45, 2.75) is 55.5 Å². The van der Waals surface area contributed by atoms with E-state index in [-0.39, 0.29) is 40.7 Å². The number of aliphatic carboxylic acids is 1. The second-order valence-corrected chi connectivity index (χ2v) is 17.7. The van der Waals surface area contributed by atoms with Gasteiger partial charge in [0.15, 0.2) is 6.04 Å². The van der Waals surface area contributed by atoms with Gasteiger partial charge in [-0.05, 0) is 68.2 Å². The van der Waals surface area contributed by atoms with Crippen molar-refractivity contribution in [3.8, 4) is 0 Å². The van der Waals surface area contributed by atoms with Crippen LogP contribution in [0.5, 0.6) is 0 Å². The number of nitrogens with one attached hydrogen (secondary N) is 1. The first kappa shape index (κ1) is 42.8. The molecule has 6 aromatic rings. The first-order chi connectivity index (χ1) is 30.5. The zero-order chi connectivity index (χ0) is 44.1. The maximum absolute atomic E-state index is 14.7. The summed E-state index contributed by atoms with van der Waals surface area (Å²) in [6.45, 7) is 3.56. The maximum atomic E-state index is 14.7. The summed E-state index contributed by atoms with van der Waals surface area (Å²) < 4.78 is 35.3. The number of cyclic esters (lactones) is 1. The summed E-state index contributed by atoms with van der Waals surface area (Å²) in [6.07, 6.45) is 3.04. The molecule has 3 heterocycles. The van der Waals surface area contributed by atoms with Crippen molar-refractivity contribution in [2.24, 2.45) is 4.99 Å². The average Bonchev–Trinajstić information content (AvgIpc) is 3.89. The number of aromatic nitrogens is 1. The highest BCUT2D eigenvalue weighted by Crippen LogP contribution is 2.38. The summed E-state index contributed by atoms with van der Waals surface area (Å²) in [6, 6.07) is 35.3. The number of anilines is 1. The summed E-state index contributed by atoms with van der Waals surface area (Å²) in [5.74, 6) is -3.72. The molecule has 8 rings (SSSR count). The third-order valence-electron chi connectivity index (χ3n) is 11.6. The largest absolute Gasteiger partial charge is 0.480 e. The van der Waals surface area contributed by atoms with Crippen LogP contribution < -0.4 is 5.32 Å². The third-order valence-corrected chi connectivity index (χ3v) is 13.3. The Morgan fingerprint density at radius 3 is 2.19 bits per heavy atom. The smallest absolute Gasteiger partial charge is 0.417 e. The van der Waals surface area contributed by atoms with Crippen molar-refractivity contribution in [3.63, 3.8) is 0 Å². The van der Waals surface area contributed by atoms with Gasteiger partial charge in [-0.3, -0.25) is 19.5 Å². The van der Waals surface area contributed by atoms with Crippen LogP contribution in [0.4, 0.5) is 10.5 Å². The number of rotatable bonds is 14. The number of carbonyl (C=O) groups is 4. The molecule has 2 saturated heterocycles. The molecule has 2 aliphatic rings. The Morgan fingerprint density at radius 1 is 0.825 bits per heavy atom. The van der Waals surface area contributed by atoms with Gasteiger partial charge in [-0.25, -0.2) is 26.9 Å². The van der Waals surface area contributed by atoms with Crippen molar-refractivity contribution >= 4 is 56.2 Å². The van der Waals surface area contributed by atoms with Gasteiger partial charge >= 0.3 is 12.1 Å². The Hall–Kier alpha value is -6.90. The van der Waals surface area contributed by atoms with Crippen molar-refractivity contribution in [2.75, 3.05) is 31.6 Å². The number of para-hydroxylation sites is 2. The number of likely N-dealkylation sites (tertiary alicyclic amines) is 1. The summed E-state index contributed by atoms with van der Waals surface area (Å²) in [5.41, 5.74) is 3.56. The molecular weight excluding hydrogens is 819 g/mol. The SMILES string of the molecule is Cc1ccc(S(=O)(=O)n2cc([C@@H](CC(=O)N3C(=O)OC[C@@H]3c3ccccc3)[C@H](N=C(c3ccccc3)c3ccccc3NC(=O)CN3CCCCC3)C(=O)O)c3ccccc32)cc1. The van der Waals surface area contributed by atoms with E-state index in [1.165, 1.54) is 18.3 Å². The van der Waals surface area contributed by atoms with Crippen LogP contribution in [0.3, 0.4) is 0 Å². The number of piperidine rings is 1. The van der Waals surface area contributed by atoms with Crippen LogP contribution in [0.1, 0.15) is 65.5 Å². The predicted molar refractivity (Wildman–Crippen MR) is 239 cm³/mol. The Kier molecular flexibility index (Phi) is 12.6. The lowest BCUT2D eigenvalue weighted by molar-refractivity contribution is -0.139. The van der Waals surface area contributed by atoms with Gasteiger partial charge in [0.1, 0.15) is 12.6 Å². The molecule has 5 aromatic carbocycles. The van der Waals surface area contributed by atoms with Crippen molar-refractivity contribution < 1.29 is 37.4 Å². The number of aryl methyl sites for hydroxylation is 1. The second-order valence-electron chi connectivity index (χ2n) is 15.9. The molecule has 2 N–H and O–H groups in total. The fourth-order valence-corrected chi connectivity index (χ4v) is 9.83. The standard InChI is InChI=1S/C49H47N5O8S/c1-33-23-25-36(26-24-33)63(60,61)53-30-40(37-19-10-12-22-42(37)53)39(29-45(56)54-43(32-62-49(54)59)34-15-5-2-6-16-34)47(48(57)58)51-46(35-17-7-3-8-18-35)38-20-9-11-21-41(38)50-44(55)31-52-27-13-4-14-28-52/h2-3,5-12,15-26,30,39,43,47H,4,13-14,27-29,31-32H2,1H3,(H,50,55)(H,57,58)/t39-,43-,47+/m1/s1. The number of aliphatic imine (C=N–C) groups is 1. The van der Waals surface area contributed by atoms with Crippen LogP contribution in [-0.2, 0) is 29.1 Å². The number of amides is 3. The molecule has 0 unspecified atom stereocenters. The van der Waals surface area contributed by atoms with E-state index in [1.807, 2.05) is 19.1 Å². The summed E-state index contributed by atoms with van der Waals surface area (Å²) >= 11 is 0. The third kappa shape index (κ3) is 9.18. The van der Waals surface area contributed by atoms with E-state index in [4.69, 9.17) is 9.73 Å². The summed E-state index contributed by atoms with van der Waals surface area (Å²) in [4.78, 5) is 63.6. The first-order valence-corrected chi connectivity index (χ1v) is 22.4. The number of nitrogens with zero attached hydrogens (tertiary/aromatic N) is 4.